The Kier molecular flexibility index (Phi) is 8.85. The molecule has 1 aromatic carbocycles. The molecule has 1 aliphatic rings. The van der Waals surface area contributed by atoms with Gasteiger partial charge in [0.05, 0.1) is 11.8 Å². The number of rotatable bonds is 7. The maximum absolute atomic E-state index is 12.2. The zero-order chi connectivity index (χ0) is 17.6. The molecule has 1 heterocycles. The van der Waals surface area contributed by atoms with Crippen LogP contribution in [0.15, 0.2) is 24.3 Å². The molecule has 0 bridgehead atoms. The molecule has 6 nitrogen and oxygen atoms in total. The van der Waals surface area contributed by atoms with E-state index in [9.17, 15) is 13.2 Å². The Balaban J connectivity index is 0.00000312. The van der Waals surface area contributed by atoms with Crippen LogP contribution in [0.5, 0.6) is 0 Å². The van der Waals surface area contributed by atoms with Crippen molar-refractivity contribution in [1.82, 2.24) is 15.4 Å². The van der Waals surface area contributed by atoms with E-state index in [0.29, 0.717) is 12.1 Å². The van der Waals surface area contributed by atoms with Gasteiger partial charge in [0.15, 0.2) is 0 Å². The highest BCUT2D eigenvalue weighted by Crippen LogP contribution is 2.13. The number of carbonyl (C=O) groups is 1. The van der Waals surface area contributed by atoms with Crippen molar-refractivity contribution in [3.05, 3.63) is 35.4 Å². The third kappa shape index (κ3) is 7.32. The lowest BCUT2D eigenvalue weighted by atomic mass is 10.0. The van der Waals surface area contributed by atoms with Crippen molar-refractivity contribution in [2.24, 2.45) is 0 Å². The number of sulfonamides is 1. The molecule has 1 saturated heterocycles. The number of halogens is 1. The van der Waals surface area contributed by atoms with Gasteiger partial charge in [0.1, 0.15) is 0 Å². The van der Waals surface area contributed by atoms with Crippen molar-refractivity contribution in [1.29, 1.82) is 0 Å². The molecule has 0 aliphatic carbocycles. The van der Waals surface area contributed by atoms with E-state index in [1.54, 1.807) is 19.9 Å². The molecule has 142 valence electrons. The zero-order valence-corrected chi connectivity index (χ0v) is 16.4. The van der Waals surface area contributed by atoms with E-state index < -0.39 is 10.0 Å². The monoisotopic (exact) mass is 389 g/mol. The molecule has 1 aliphatic heterocycles. The number of amides is 1. The van der Waals surface area contributed by atoms with Gasteiger partial charge in [0.25, 0.3) is 0 Å². The lowest BCUT2D eigenvalue weighted by Crippen LogP contribution is -2.46. The second-order valence-corrected chi connectivity index (χ2v) is 8.27. The third-order valence-corrected chi connectivity index (χ3v) is 5.48. The summed E-state index contributed by atoms with van der Waals surface area (Å²) in [6.45, 7) is 4.79. The largest absolute Gasteiger partial charge is 0.351 e. The Morgan fingerprint density at radius 1 is 1.24 bits per heavy atom. The molecule has 0 saturated carbocycles. The molecule has 1 aromatic rings. The Morgan fingerprint density at radius 3 is 2.52 bits per heavy atom. The van der Waals surface area contributed by atoms with Gasteiger partial charge in [0, 0.05) is 12.6 Å². The molecule has 1 amide bonds. The van der Waals surface area contributed by atoms with Crippen molar-refractivity contribution in [2.45, 2.75) is 57.5 Å². The average Bonchev–Trinajstić information content (AvgIpc) is 2.53. The van der Waals surface area contributed by atoms with Gasteiger partial charge in [-0.25, -0.2) is 13.1 Å². The summed E-state index contributed by atoms with van der Waals surface area (Å²) < 4.78 is 26.9. The maximum atomic E-state index is 12.2. The Bertz CT molecular complexity index is 659. The number of piperidine rings is 1. The fraction of sp³-hybridized carbons (Fsp3) is 0.588. The predicted octanol–water partition coefficient (Wildman–Crippen LogP) is 1.69. The molecule has 1 unspecified atom stereocenters. The standard InChI is InChI=1S/C17H27N3O3S.ClH/c1-13(2)20-24(22,23)12-15-8-4-3-7-14(15)11-19-17(21)16-9-5-6-10-18-16;/h3-4,7-8,13,16,18,20H,5-6,9-12H2,1-2H3,(H,19,21);1H. The average molecular weight is 390 g/mol. The van der Waals surface area contributed by atoms with E-state index in [2.05, 4.69) is 15.4 Å². The van der Waals surface area contributed by atoms with Crippen LogP contribution in [0, 0.1) is 0 Å². The van der Waals surface area contributed by atoms with Crippen molar-refractivity contribution in [2.75, 3.05) is 6.54 Å². The first-order valence-electron chi connectivity index (χ1n) is 8.45. The molecule has 1 fully saturated rings. The second kappa shape index (κ2) is 10.1. The number of hydrogen-bond donors (Lipinski definition) is 3. The minimum absolute atomic E-state index is 0. The molecule has 0 spiro atoms. The second-order valence-electron chi connectivity index (χ2n) is 6.52. The van der Waals surface area contributed by atoms with Crippen LogP contribution < -0.4 is 15.4 Å². The number of hydrogen-bond acceptors (Lipinski definition) is 4. The van der Waals surface area contributed by atoms with Crippen LogP contribution in [0.1, 0.15) is 44.2 Å². The predicted molar refractivity (Wildman–Crippen MR) is 102 cm³/mol. The zero-order valence-electron chi connectivity index (χ0n) is 14.7. The van der Waals surface area contributed by atoms with Crippen molar-refractivity contribution >= 4 is 28.3 Å². The maximum Gasteiger partial charge on any atom is 0.237 e. The van der Waals surface area contributed by atoms with Crippen LogP contribution in [0.3, 0.4) is 0 Å². The normalized spacial score (nSPS) is 17.8. The van der Waals surface area contributed by atoms with Crippen molar-refractivity contribution < 1.29 is 13.2 Å². The smallest absolute Gasteiger partial charge is 0.237 e. The van der Waals surface area contributed by atoms with E-state index in [-0.39, 0.29) is 36.2 Å². The highest BCUT2D eigenvalue weighted by atomic mass is 35.5. The molecule has 25 heavy (non-hydrogen) atoms. The quantitative estimate of drug-likeness (QED) is 0.662. The Labute approximate surface area is 156 Å². The van der Waals surface area contributed by atoms with Gasteiger partial charge in [-0.3, -0.25) is 4.79 Å². The molecule has 8 heteroatoms. The molecule has 2 rings (SSSR count). The van der Waals surface area contributed by atoms with Gasteiger partial charge < -0.3 is 10.6 Å². The van der Waals surface area contributed by atoms with Crippen LogP contribution in [-0.4, -0.2) is 33.0 Å². The summed E-state index contributed by atoms with van der Waals surface area (Å²) >= 11 is 0. The van der Waals surface area contributed by atoms with E-state index in [0.717, 1.165) is 31.4 Å². The summed E-state index contributed by atoms with van der Waals surface area (Å²) in [5, 5.41) is 6.13. The first kappa shape index (κ1) is 21.9. The summed E-state index contributed by atoms with van der Waals surface area (Å²) in [4.78, 5) is 12.2. The lowest BCUT2D eigenvalue weighted by molar-refractivity contribution is -0.123. The molecular weight excluding hydrogens is 362 g/mol. The van der Waals surface area contributed by atoms with E-state index in [1.165, 1.54) is 0 Å². The van der Waals surface area contributed by atoms with Crippen LogP contribution in [-0.2, 0) is 27.1 Å². The molecular formula is C17H28ClN3O3S. The molecule has 0 aromatic heterocycles. The summed E-state index contributed by atoms with van der Waals surface area (Å²) in [5.41, 5.74) is 1.54. The van der Waals surface area contributed by atoms with Gasteiger partial charge in [-0.15, -0.1) is 12.4 Å². The number of benzene rings is 1. The van der Waals surface area contributed by atoms with Crippen LogP contribution in [0.4, 0.5) is 0 Å². The number of carbonyl (C=O) groups excluding carboxylic acids is 1. The summed E-state index contributed by atoms with van der Waals surface area (Å²) in [6.07, 6.45) is 3.01. The Hall–Kier alpha value is -1.15. The molecule has 1 atom stereocenters. The number of nitrogens with one attached hydrogen (secondary N) is 3. The Morgan fingerprint density at radius 2 is 1.92 bits per heavy atom. The first-order chi connectivity index (χ1) is 11.4. The van der Waals surface area contributed by atoms with Crippen LogP contribution in [0.2, 0.25) is 0 Å². The SMILES string of the molecule is CC(C)NS(=O)(=O)Cc1ccccc1CNC(=O)C1CCCCN1.Cl. The van der Waals surface area contributed by atoms with Crippen molar-refractivity contribution in [3.8, 4) is 0 Å². The fourth-order valence-electron chi connectivity index (χ4n) is 2.86. The fourth-order valence-corrected chi connectivity index (χ4v) is 4.35. The summed E-state index contributed by atoms with van der Waals surface area (Å²) in [6, 6.07) is 7.03. The summed E-state index contributed by atoms with van der Waals surface area (Å²) in [7, 11) is -3.39. The highest BCUT2D eigenvalue weighted by Gasteiger charge is 2.21. The van der Waals surface area contributed by atoms with Gasteiger partial charge in [-0.05, 0) is 44.4 Å². The van der Waals surface area contributed by atoms with E-state index in [1.807, 2.05) is 18.2 Å². The third-order valence-electron chi connectivity index (χ3n) is 3.96. The molecule has 0 radical (unpaired) electrons. The van der Waals surface area contributed by atoms with Gasteiger partial charge in [-0.2, -0.15) is 0 Å². The first-order valence-corrected chi connectivity index (χ1v) is 10.1. The van der Waals surface area contributed by atoms with Gasteiger partial charge in [-0.1, -0.05) is 30.7 Å². The highest BCUT2D eigenvalue weighted by molar-refractivity contribution is 7.88. The van der Waals surface area contributed by atoms with Crippen molar-refractivity contribution in [3.63, 3.8) is 0 Å². The minimum Gasteiger partial charge on any atom is -0.351 e. The van der Waals surface area contributed by atoms with Gasteiger partial charge in [0.2, 0.25) is 15.9 Å². The molecule has 3 N–H and O–H groups in total. The van der Waals surface area contributed by atoms with Crippen LogP contribution >= 0.6 is 12.4 Å². The van der Waals surface area contributed by atoms with Gasteiger partial charge >= 0.3 is 0 Å². The minimum atomic E-state index is -3.39. The topological polar surface area (TPSA) is 87.3 Å². The summed E-state index contributed by atoms with van der Waals surface area (Å²) in [5.74, 6) is -0.105. The van der Waals surface area contributed by atoms with E-state index >= 15 is 0 Å². The van der Waals surface area contributed by atoms with E-state index in [4.69, 9.17) is 0 Å². The van der Waals surface area contributed by atoms with Crippen LogP contribution in [0.25, 0.3) is 0 Å². The lowest BCUT2D eigenvalue weighted by Gasteiger charge is -2.22.